The van der Waals surface area contributed by atoms with Crippen molar-refractivity contribution in [1.82, 2.24) is 5.32 Å². The Morgan fingerprint density at radius 2 is 1.89 bits per heavy atom. The maximum absolute atomic E-state index is 6.39. The molecule has 1 fully saturated rings. The largest absolute Gasteiger partial charge is 0.367 e. The average molecular weight is 326 g/mol. The Hall–Kier alpha value is -0.380. The molecule has 106 valence electrons. The van der Waals surface area contributed by atoms with Crippen LogP contribution in [0.4, 0.5) is 0 Å². The number of hydrogen-bond donors (Lipinski definition) is 1. The summed E-state index contributed by atoms with van der Waals surface area (Å²) >= 11 is 3.49. The minimum atomic E-state index is 0.160. The Labute approximate surface area is 125 Å². The number of rotatable bonds is 4. The van der Waals surface area contributed by atoms with Gasteiger partial charge in [-0.15, -0.1) is 0 Å². The zero-order valence-corrected chi connectivity index (χ0v) is 13.6. The van der Waals surface area contributed by atoms with Crippen LogP contribution in [0.1, 0.15) is 45.3 Å². The van der Waals surface area contributed by atoms with E-state index in [1.165, 1.54) is 18.4 Å². The van der Waals surface area contributed by atoms with Gasteiger partial charge in [0.25, 0.3) is 0 Å². The van der Waals surface area contributed by atoms with Crippen molar-refractivity contribution in [2.75, 3.05) is 6.54 Å². The summed E-state index contributed by atoms with van der Waals surface area (Å²) in [5.74, 6) is 0.651. The van der Waals surface area contributed by atoms with Crippen LogP contribution in [0.5, 0.6) is 0 Å². The summed E-state index contributed by atoms with van der Waals surface area (Å²) in [7, 11) is 0. The first-order valence-electron chi connectivity index (χ1n) is 7.30. The Morgan fingerprint density at radius 3 is 2.47 bits per heavy atom. The fraction of sp³-hybridized carbons (Fsp3) is 0.625. The number of halogens is 1. The van der Waals surface area contributed by atoms with Crippen molar-refractivity contribution in [3.8, 4) is 0 Å². The molecule has 3 heteroatoms. The third kappa shape index (κ3) is 3.59. The van der Waals surface area contributed by atoms with Crippen molar-refractivity contribution in [3.63, 3.8) is 0 Å². The van der Waals surface area contributed by atoms with Crippen molar-refractivity contribution < 1.29 is 4.74 Å². The van der Waals surface area contributed by atoms with Gasteiger partial charge in [-0.3, -0.25) is 0 Å². The Kier molecular flexibility index (Phi) is 5.43. The zero-order chi connectivity index (χ0) is 13.8. The fourth-order valence-electron chi connectivity index (χ4n) is 2.88. The second kappa shape index (κ2) is 6.87. The SMILES string of the molecule is CCC(CC)C1CNC(C)C(c2ccc(Br)cc2)O1. The summed E-state index contributed by atoms with van der Waals surface area (Å²) in [5.41, 5.74) is 1.26. The molecule has 2 nitrogen and oxygen atoms in total. The van der Waals surface area contributed by atoms with Gasteiger partial charge in [0.15, 0.2) is 0 Å². The normalized spacial score (nSPS) is 27.7. The highest BCUT2D eigenvalue weighted by molar-refractivity contribution is 9.10. The molecule has 0 aliphatic carbocycles. The van der Waals surface area contributed by atoms with Gasteiger partial charge in [0.05, 0.1) is 12.2 Å². The molecule has 1 aromatic rings. The van der Waals surface area contributed by atoms with Gasteiger partial charge in [-0.25, -0.2) is 0 Å². The summed E-state index contributed by atoms with van der Waals surface area (Å²) in [6.45, 7) is 7.69. The Morgan fingerprint density at radius 1 is 1.26 bits per heavy atom. The van der Waals surface area contributed by atoms with E-state index in [0.29, 0.717) is 18.1 Å². The van der Waals surface area contributed by atoms with E-state index in [1.54, 1.807) is 0 Å². The summed E-state index contributed by atoms with van der Waals surface area (Å²) in [6, 6.07) is 8.86. The van der Waals surface area contributed by atoms with Gasteiger partial charge in [-0.2, -0.15) is 0 Å². The van der Waals surface area contributed by atoms with E-state index < -0.39 is 0 Å². The Balaban J connectivity index is 2.12. The van der Waals surface area contributed by atoms with Crippen molar-refractivity contribution in [3.05, 3.63) is 34.3 Å². The third-order valence-electron chi connectivity index (χ3n) is 4.19. The minimum Gasteiger partial charge on any atom is -0.367 e. The number of nitrogens with one attached hydrogen (secondary N) is 1. The van der Waals surface area contributed by atoms with Gasteiger partial charge < -0.3 is 10.1 Å². The highest BCUT2D eigenvalue weighted by atomic mass is 79.9. The first-order valence-corrected chi connectivity index (χ1v) is 8.09. The highest BCUT2D eigenvalue weighted by Crippen LogP contribution is 2.31. The molecule has 0 saturated carbocycles. The van der Waals surface area contributed by atoms with Gasteiger partial charge in [0, 0.05) is 17.1 Å². The Bertz CT molecular complexity index is 388. The molecule has 1 N–H and O–H groups in total. The first kappa shape index (κ1) is 15.0. The number of hydrogen-bond acceptors (Lipinski definition) is 2. The van der Waals surface area contributed by atoms with Crippen LogP contribution in [-0.4, -0.2) is 18.7 Å². The zero-order valence-electron chi connectivity index (χ0n) is 12.0. The lowest BCUT2D eigenvalue weighted by Crippen LogP contribution is -2.49. The second-order valence-corrected chi connectivity index (χ2v) is 6.34. The summed E-state index contributed by atoms with van der Waals surface area (Å²) in [6.07, 6.45) is 2.86. The van der Waals surface area contributed by atoms with E-state index in [2.05, 4.69) is 66.3 Å². The quantitative estimate of drug-likeness (QED) is 0.890. The third-order valence-corrected chi connectivity index (χ3v) is 4.72. The summed E-state index contributed by atoms with van der Waals surface area (Å²) in [5, 5.41) is 3.61. The number of benzene rings is 1. The smallest absolute Gasteiger partial charge is 0.0979 e. The van der Waals surface area contributed by atoms with E-state index in [-0.39, 0.29) is 6.10 Å². The molecule has 3 unspecified atom stereocenters. The van der Waals surface area contributed by atoms with E-state index in [4.69, 9.17) is 4.74 Å². The number of ether oxygens (including phenoxy) is 1. The summed E-state index contributed by atoms with van der Waals surface area (Å²) < 4.78 is 7.51. The molecule has 3 atom stereocenters. The molecule has 1 heterocycles. The molecule has 0 amide bonds. The lowest BCUT2D eigenvalue weighted by atomic mass is 9.92. The van der Waals surface area contributed by atoms with E-state index >= 15 is 0 Å². The van der Waals surface area contributed by atoms with Crippen molar-refractivity contribution >= 4 is 15.9 Å². The van der Waals surface area contributed by atoms with Crippen molar-refractivity contribution in [2.24, 2.45) is 5.92 Å². The van der Waals surface area contributed by atoms with Gasteiger partial charge in [0.1, 0.15) is 0 Å². The van der Waals surface area contributed by atoms with Crippen LogP contribution in [0.2, 0.25) is 0 Å². The van der Waals surface area contributed by atoms with Crippen LogP contribution in [0.3, 0.4) is 0 Å². The monoisotopic (exact) mass is 325 g/mol. The molecule has 0 bridgehead atoms. The lowest BCUT2D eigenvalue weighted by Gasteiger charge is -2.39. The van der Waals surface area contributed by atoms with Crippen LogP contribution >= 0.6 is 15.9 Å². The van der Waals surface area contributed by atoms with E-state index in [1.807, 2.05) is 0 Å². The number of morpholine rings is 1. The van der Waals surface area contributed by atoms with Crippen LogP contribution in [0, 0.1) is 5.92 Å². The van der Waals surface area contributed by atoms with Gasteiger partial charge in [-0.05, 0) is 30.5 Å². The van der Waals surface area contributed by atoms with Crippen LogP contribution in [0.25, 0.3) is 0 Å². The van der Waals surface area contributed by atoms with Crippen LogP contribution < -0.4 is 5.32 Å². The maximum Gasteiger partial charge on any atom is 0.0979 e. The molecule has 0 radical (unpaired) electrons. The predicted molar refractivity (Wildman–Crippen MR) is 83.3 cm³/mol. The van der Waals surface area contributed by atoms with Gasteiger partial charge in [0.2, 0.25) is 0 Å². The molecule has 19 heavy (non-hydrogen) atoms. The highest BCUT2D eigenvalue weighted by Gasteiger charge is 2.32. The van der Waals surface area contributed by atoms with Crippen LogP contribution in [0.15, 0.2) is 28.7 Å². The molecule has 1 aromatic carbocycles. The molecule has 1 saturated heterocycles. The second-order valence-electron chi connectivity index (χ2n) is 5.42. The van der Waals surface area contributed by atoms with Crippen molar-refractivity contribution in [1.29, 1.82) is 0 Å². The predicted octanol–water partition coefficient (Wildman–Crippen LogP) is 4.30. The molecular weight excluding hydrogens is 302 g/mol. The van der Waals surface area contributed by atoms with Gasteiger partial charge >= 0.3 is 0 Å². The lowest BCUT2D eigenvalue weighted by molar-refractivity contribution is -0.0881. The minimum absolute atomic E-state index is 0.160. The summed E-state index contributed by atoms with van der Waals surface area (Å²) in [4.78, 5) is 0. The van der Waals surface area contributed by atoms with E-state index in [0.717, 1.165) is 11.0 Å². The molecule has 2 rings (SSSR count). The molecule has 0 aromatic heterocycles. The molecular formula is C16H24BrNO. The van der Waals surface area contributed by atoms with Crippen LogP contribution in [-0.2, 0) is 4.74 Å². The van der Waals surface area contributed by atoms with Crippen molar-refractivity contribution in [2.45, 2.75) is 51.9 Å². The first-order chi connectivity index (χ1) is 9.15. The maximum atomic E-state index is 6.39. The topological polar surface area (TPSA) is 21.3 Å². The standard InChI is InChI=1S/C16H24BrNO/c1-4-12(5-2)15-10-18-11(3)16(19-15)13-6-8-14(17)9-7-13/h6-9,11-12,15-16,18H,4-5,10H2,1-3H3. The molecule has 1 aliphatic heterocycles. The fourth-order valence-corrected chi connectivity index (χ4v) is 3.14. The molecule has 1 aliphatic rings. The average Bonchev–Trinajstić information content (AvgIpc) is 2.43. The van der Waals surface area contributed by atoms with E-state index in [9.17, 15) is 0 Å². The molecule has 0 spiro atoms. The van der Waals surface area contributed by atoms with Gasteiger partial charge in [-0.1, -0.05) is 54.8 Å².